The second kappa shape index (κ2) is 29.4. The minimum absolute atomic E-state index is 0.0100. The maximum Gasteiger partial charge on any atom is 0.259 e. The molecule has 76 heavy (non-hydrogen) atoms. The van der Waals surface area contributed by atoms with E-state index in [0.29, 0.717) is 36.1 Å². The largest absolute Gasteiger partial charge is 0.307 e. The smallest absolute Gasteiger partial charge is 0.259 e. The molecule has 2 atom stereocenters. The number of rotatable bonds is 32. The summed E-state index contributed by atoms with van der Waals surface area (Å²) >= 11 is 14.6. The molecule has 2 amide bonds. The van der Waals surface area contributed by atoms with E-state index in [-0.39, 0.29) is 11.8 Å². The predicted octanol–water partition coefficient (Wildman–Crippen LogP) is 23.0. The van der Waals surface area contributed by atoms with Gasteiger partial charge in [-0.05, 0) is 154 Å². The molecule has 4 nitrogen and oxygen atoms in total. The van der Waals surface area contributed by atoms with Crippen LogP contribution in [0, 0.1) is 25.7 Å². The summed E-state index contributed by atoms with van der Waals surface area (Å²) < 4.78 is 2.26. The molecule has 8 rings (SSSR count). The Kier molecular flexibility index (Phi) is 22.8. The van der Waals surface area contributed by atoms with Crippen LogP contribution < -0.4 is 9.80 Å². The average molecular weight is 1230 g/mol. The van der Waals surface area contributed by atoms with Crippen LogP contribution >= 0.6 is 77.2 Å². The van der Waals surface area contributed by atoms with Gasteiger partial charge in [0.25, 0.3) is 11.8 Å². The van der Waals surface area contributed by atoms with Gasteiger partial charge in [-0.1, -0.05) is 180 Å². The van der Waals surface area contributed by atoms with E-state index < -0.39 is 0 Å². The highest BCUT2D eigenvalue weighted by Gasteiger charge is 2.43. The normalized spacial score (nSPS) is 15.2. The SMILES string of the molecule is CCCCCCCCC(CCCCCC)CN1C(=O)/C(=C2/C(=O)N(CC(CCCCCC)CCCCCCCC)c3cc(-c4cc(C)c(-c5ccc(Br)s5)s4)ccc32)c2ccc(-c3cc(C)c(-c4ccc(Br)s4)s3)cc21. The molecule has 0 spiro atoms. The van der Waals surface area contributed by atoms with Crippen molar-refractivity contribution in [3.63, 3.8) is 0 Å². The third-order valence-electron chi connectivity index (χ3n) is 16.0. The Labute approximate surface area is 490 Å². The molecule has 6 aromatic rings. The number of benzene rings is 2. The zero-order valence-electron chi connectivity index (χ0n) is 46.6. The second-order valence-corrected chi connectivity index (χ2v) is 29.1. The van der Waals surface area contributed by atoms with Crippen LogP contribution in [0.1, 0.15) is 204 Å². The minimum Gasteiger partial charge on any atom is -0.307 e. The van der Waals surface area contributed by atoms with Crippen LogP contribution in [0.25, 0.3) is 51.5 Å². The molecular formula is C66H84Br2N2O2S4. The van der Waals surface area contributed by atoms with Crippen LogP contribution in [0.3, 0.4) is 0 Å². The Morgan fingerprint density at radius 3 is 1.09 bits per heavy atom. The number of carbonyl (C=O) groups excluding carboxylic acids is 2. The van der Waals surface area contributed by atoms with E-state index in [9.17, 15) is 0 Å². The molecule has 2 aromatic carbocycles. The summed E-state index contributed by atoms with van der Waals surface area (Å²) in [6.45, 7) is 14.9. The zero-order chi connectivity index (χ0) is 53.6. The van der Waals surface area contributed by atoms with Gasteiger partial charge in [0, 0.05) is 53.5 Å². The van der Waals surface area contributed by atoms with Gasteiger partial charge in [0.2, 0.25) is 0 Å². The summed E-state index contributed by atoms with van der Waals surface area (Å²) in [7, 11) is 0. The van der Waals surface area contributed by atoms with E-state index in [1.165, 1.54) is 169 Å². The number of aryl methyl sites for hydroxylation is 2. The van der Waals surface area contributed by atoms with Crippen molar-refractivity contribution >= 4 is 112 Å². The first-order valence-electron chi connectivity index (χ1n) is 29.4. The number of hydrogen-bond acceptors (Lipinski definition) is 6. The molecule has 0 saturated carbocycles. The summed E-state index contributed by atoms with van der Waals surface area (Å²) in [5.74, 6) is 0.751. The van der Waals surface area contributed by atoms with Crippen molar-refractivity contribution < 1.29 is 9.59 Å². The van der Waals surface area contributed by atoms with Crippen LogP contribution in [-0.2, 0) is 9.59 Å². The first-order chi connectivity index (χ1) is 37.0. The number of halogens is 2. The topological polar surface area (TPSA) is 40.6 Å². The van der Waals surface area contributed by atoms with Gasteiger partial charge in [-0.15, -0.1) is 45.3 Å². The predicted molar refractivity (Wildman–Crippen MR) is 343 cm³/mol. The summed E-state index contributed by atoms with van der Waals surface area (Å²) in [4.78, 5) is 43.5. The number of thiophene rings is 4. The fourth-order valence-corrected chi connectivity index (χ4v) is 17.2. The summed E-state index contributed by atoms with van der Waals surface area (Å²) in [5.41, 5.74) is 9.67. The number of nitrogens with zero attached hydrogens (tertiary/aromatic N) is 2. The lowest BCUT2D eigenvalue weighted by Crippen LogP contribution is -2.34. The molecule has 2 unspecified atom stereocenters. The van der Waals surface area contributed by atoms with Gasteiger partial charge in [0.15, 0.2) is 0 Å². The molecule has 6 heterocycles. The van der Waals surface area contributed by atoms with Gasteiger partial charge >= 0.3 is 0 Å². The van der Waals surface area contributed by atoms with Crippen LogP contribution in [-0.4, -0.2) is 24.9 Å². The van der Waals surface area contributed by atoms with Gasteiger partial charge in [0.05, 0.1) is 30.1 Å². The Bertz CT molecular complexity index is 2690. The number of anilines is 2. The first kappa shape index (κ1) is 59.0. The number of fused-ring (bicyclic) bond motifs is 2. The van der Waals surface area contributed by atoms with Crippen molar-refractivity contribution in [1.82, 2.24) is 0 Å². The minimum atomic E-state index is -0.0100. The maximum atomic E-state index is 15.9. The Balaban J connectivity index is 1.22. The molecule has 0 bridgehead atoms. The Morgan fingerprint density at radius 2 is 0.750 bits per heavy atom. The number of hydrogen-bond donors (Lipinski definition) is 0. The van der Waals surface area contributed by atoms with Gasteiger partial charge in [-0.2, -0.15) is 0 Å². The standard InChI is InChI=1S/C66H84Br2N2O2S4/c1-7-11-15-19-21-25-29-47(27-23-17-13-9-3)43-69-53-41-49(57-39-45(5)63(75-57)55-35-37-59(67)73-55)31-33-51(53)61(65(69)71)62-52-34-32-50(58-40-46(6)64(76-58)56-36-38-60(68)74-56)42-54(52)70(66(62)72)44-48(28-24-18-14-10-4)30-26-22-20-16-12-8-2/h31-42,47-48H,7-30,43-44H2,1-6H3/b62-61+. The van der Waals surface area contributed by atoms with Crippen LogP contribution in [0.5, 0.6) is 0 Å². The highest BCUT2D eigenvalue weighted by Crippen LogP contribution is 2.51. The highest BCUT2D eigenvalue weighted by molar-refractivity contribution is 9.11. The Hall–Kier alpha value is -3.12. The lowest BCUT2D eigenvalue weighted by Gasteiger charge is -2.25. The lowest BCUT2D eigenvalue weighted by molar-refractivity contribution is -0.114. The zero-order valence-corrected chi connectivity index (χ0v) is 53.0. The van der Waals surface area contributed by atoms with E-state index in [0.717, 1.165) is 66.9 Å². The average Bonchev–Trinajstić information content (AvgIpc) is 4.32. The fraction of sp³-hybridized carbons (Fsp3) is 0.515. The molecular weight excluding hydrogens is 1140 g/mol. The number of carbonyl (C=O) groups is 2. The van der Waals surface area contributed by atoms with E-state index in [4.69, 9.17) is 0 Å². The molecule has 0 fully saturated rings. The molecule has 408 valence electrons. The van der Waals surface area contributed by atoms with E-state index in [2.05, 4.69) is 156 Å². The number of amides is 2. The van der Waals surface area contributed by atoms with Gasteiger partial charge < -0.3 is 9.80 Å². The van der Waals surface area contributed by atoms with Crippen LogP contribution in [0.15, 0.2) is 80.4 Å². The molecule has 0 N–H and O–H groups in total. The molecule has 0 radical (unpaired) electrons. The number of unbranched alkanes of at least 4 members (excludes halogenated alkanes) is 16. The van der Waals surface area contributed by atoms with Crippen LogP contribution in [0.4, 0.5) is 11.4 Å². The highest BCUT2D eigenvalue weighted by atomic mass is 79.9. The second-order valence-electron chi connectivity index (χ2n) is 22.0. The lowest BCUT2D eigenvalue weighted by atomic mass is 9.93. The van der Waals surface area contributed by atoms with Crippen molar-refractivity contribution in [2.75, 3.05) is 22.9 Å². The third kappa shape index (κ3) is 14.8. The first-order valence-corrected chi connectivity index (χ1v) is 34.3. The fourth-order valence-electron chi connectivity index (χ4n) is 11.7. The maximum absolute atomic E-state index is 15.9. The van der Waals surface area contributed by atoms with Gasteiger partial charge in [-0.25, -0.2) is 0 Å². The molecule has 0 saturated heterocycles. The van der Waals surface area contributed by atoms with Crippen molar-refractivity contribution in [2.45, 2.75) is 196 Å². The van der Waals surface area contributed by atoms with Crippen molar-refractivity contribution in [2.24, 2.45) is 11.8 Å². The van der Waals surface area contributed by atoms with Gasteiger partial charge in [0.1, 0.15) is 0 Å². The van der Waals surface area contributed by atoms with E-state index >= 15 is 9.59 Å². The quantitative estimate of drug-likeness (QED) is 0.0312. The third-order valence-corrected chi connectivity index (χ3v) is 22.2. The van der Waals surface area contributed by atoms with Crippen molar-refractivity contribution in [3.05, 3.63) is 103 Å². The van der Waals surface area contributed by atoms with E-state index in [1.807, 2.05) is 22.7 Å². The van der Waals surface area contributed by atoms with Crippen molar-refractivity contribution in [3.8, 4) is 40.4 Å². The molecule has 2 aliphatic rings. The van der Waals surface area contributed by atoms with Gasteiger partial charge in [-0.3, -0.25) is 9.59 Å². The molecule has 2 aliphatic heterocycles. The molecule has 10 heteroatoms. The van der Waals surface area contributed by atoms with Crippen molar-refractivity contribution in [1.29, 1.82) is 0 Å². The summed E-state index contributed by atoms with van der Waals surface area (Å²) in [6.07, 6.45) is 29.4. The van der Waals surface area contributed by atoms with Crippen LogP contribution in [0.2, 0.25) is 0 Å². The monoisotopic (exact) mass is 1220 g/mol. The summed E-state index contributed by atoms with van der Waals surface area (Å²) in [6, 6.07) is 26.7. The molecule has 0 aliphatic carbocycles. The Morgan fingerprint density at radius 1 is 0.408 bits per heavy atom. The van der Waals surface area contributed by atoms with E-state index in [1.54, 1.807) is 22.7 Å². The summed E-state index contributed by atoms with van der Waals surface area (Å²) in [5, 5.41) is 0. The molecule has 4 aromatic heterocycles.